The Morgan fingerprint density at radius 3 is 2.48 bits per heavy atom. The number of likely N-dealkylation sites (N-methyl/N-ethyl adjacent to an activating group) is 1. The third kappa shape index (κ3) is 7.64. The van der Waals surface area contributed by atoms with Crippen molar-refractivity contribution < 1.29 is 0 Å². The fourth-order valence-electron chi connectivity index (χ4n) is 3.74. The van der Waals surface area contributed by atoms with E-state index in [1.165, 1.54) is 5.69 Å². The minimum Gasteiger partial charge on any atom is -0.356 e. The summed E-state index contributed by atoms with van der Waals surface area (Å²) in [5, 5.41) is 11.2. The second-order valence-corrected chi connectivity index (χ2v) is 7.80. The van der Waals surface area contributed by atoms with Crippen LogP contribution < -0.4 is 15.5 Å². The van der Waals surface area contributed by atoms with Crippen LogP contribution in [0, 0.1) is 13.8 Å². The highest BCUT2D eigenvalue weighted by Gasteiger charge is 2.16. The lowest BCUT2D eigenvalue weighted by Gasteiger charge is -2.34. The number of aliphatic imine (C=N–C) groups is 1. The van der Waals surface area contributed by atoms with E-state index in [1.54, 1.807) is 7.05 Å². The number of nitrogens with zero attached hydrogens (tertiary/aromatic N) is 6. The van der Waals surface area contributed by atoms with E-state index in [2.05, 4.69) is 72.2 Å². The number of anilines is 1. The number of halogens is 1. The predicted molar refractivity (Wildman–Crippen MR) is 138 cm³/mol. The quantitative estimate of drug-likeness (QED) is 0.232. The van der Waals surface area contributed by atoms with E-state index >= 15 is 0 Å². The summed E-state index contributed by atoms with van der Waals surface area (Å²) in [6, 6.07) is 6.39. The van der Waals surface area contributed by atoms with Gasteiger partial charge < -0.3 is 20.4 Å². The highest BCUT2D eigenvalue weighted by molar-refractivity contribution is 14.0. The summed E-state index contributed by atoms with van der Waals surface area (Å²) in [7, 11) is 1.80. The number of pyridine rings is 1. The number of aryl methyl sites for hydroxylation is 3. The highest BCUT2D eigenvalue weighted by atomic mass is 127. The molecule has 2 aromatic rings. The van der Waals surface area contributed by atoms with Crippen molar-refractivity contribution in [2.24, 2.45) is 4.99 Å². The topological polar surface area (TPSA) is 73.6 Å². The molecule has 172 valence electrons. The summed E-state index contributed by atoms with van der Waals surface area (Å²) >= 11 is 0. The van der Waals surface area contributed by atoms with Crippen LogP contribution in [0.1, 0.15) is 30.3 Å². The lowest BCUT2D eigenvalue weighted by molar-refractivity contribution is 0.270. The third-order valence-electron chi connectivity index (χ3n) is 5.58. The minimum absolute atomic E-state index is 0. The molecule has 2 N–H and O–H groups in total. The highest BCUT2D eigenvalue weighted by Crippen LogP contribution is 2.14. The number of aromatic nitrogens is 3. The molecule has 0 unspecified atom stereocenters. The third-order valence-corrected chi connectivity index (χ3v) is 5.58. The van der Waals surface area contributed by atoms with Crippen LogP contribution >= 0.6 is 24.0 Å². The molecule has 0 spiro atoms. The van der Waals surface area contributed by atoms with Crippen LogP contribution in [0.2, 0.25) is 0 Å². The molecule has 0 aromatic carbocycles. The number of nitrogens with one attached hydrogen (secondary N) is 2. The lowest BCUT2D eigenvalue weighted by atomic mass is 10.2. The molecule has 9 heteroatoms. The summed E-state index contributed by atoms with van der Waals surface area (Å²) in [6.07, 6.45) is 2.95. The fourth-order valence-corrected chi connectivity index (χ4v) is 3.74. The van der Waals surface area contributed by atoms with Gasteiger partial charge in [-0.25, -0.2) is 4.98 Å². The molecule has 3 heterocycles. The van der Waals surface area contributed by atoms with Gasteiger partial charge in [-0.15, -0.1) is 24.0 Å². The van der Waals surface area contributed by atoms with Crippen molar-refractivity contribution in [2.75, 3.05) is 51.2 Å². The second kappa shape index (κ2) is 12.8. The van der Waals surface area contributed by atoms with Gasteiger partial charge in [0.05, 0.1) is 5.69 Å². The Hall–Kier alpha value is -1.88. The molecule has 0 radical (unpaired) electrons. The zero-order valence-corrected chi connectivity index (χ0v) is 21.6. The molecule has 3 rings (SSSR count). The Bertz CT molecular complexity index is 809. The van der Waals surface area contributed by atoms with Crippen molar-refractivity contribution >= 4 is 35.8 Å². The Balaban J connectivity index is 0.00000341. The first-order valence-corrected chi connectivity index (χ1v) is 11.0. The van der Waals surface area contributed by atoms with Crippen molar-refractivity contribution in [3.05, 3.63) is 41.3 Å². The molecule has 31 heavy (non-hydrogen) atoms. The van der Waals surface area contributed by atoms with Gasteiger partial charge in [0, 0.05) is 64.8 Å². The van der Waals surface area contributed by atoms with E-state index in [-0.39, 0.29) is 24.0 Å². The fraction of sp³-hybridized carbons (Fsp3) is 0.591. The maximum atomic E-state index is 4.67. The zero-order chi connectivity index (χ0) is 21.3. The summed E-state index contributed by atoms with van der Waals surface area (Å²) < 4.78 is 2.06. The standard InChI is InChI=1S/C22H36N8.HI/c1-5-28-11-13-29(14-12-28)21-8-7-20(16-25-21)17-26-22(23-4)24-9-6-10-30-19(3)15-18(2)27-30;/h7-8,15-16H,5-6,9-14,17H2,1-4H3,(H2,23,24,26);1H. The van der Waals surface area contributed by atoms with Crippen molar-refractivity contribution in [3.8, 4) is 0 Å². The Morgan fingerprint density at radius 2 is 1.90 bits per heavy atom. The van der Waals surface area contributed by atoms with Gasteiger partial charge in [-0.3, -0.25) is 9.67 Å². The minimum atomic E-state index is 0. The molecule has 0 amide bonds. The molecule has 1 fully saturated rings. The number of hydrogen-bond donors (Lipinski definition) is 2. The number of rotatable bonds is 8. The van der Waals surface area contributed by atoms with Crippen LogP contribution in [-0.2, 0) is 13.1 Å². The molecule has 1 saturated heterocycles. The van der Waals surface area contributed by atoms with Crippen LogP contribution in [0.4, 0.5) is 5.82 Å². The Kier molecular flexibility index (Phi) is 10.5. The Labute approximate surface area is 203 Å². The van der Waals surface area contributed by atoms with Crippen LogP contribution in [0.25, 0.3) is 0 Å². The number of hydrogen-bond acceptors (Lipinski definition) is 5. The van der Waals surface area contributed by atoms with E-state index in [9.17, 15) is 0 Å². The van der Waals surface area contributed by atoms with E-state index in [4.69, 9.17) is 0 Å². The van der Waals surface area contributed by atoms with E-state index in [0.29, 0.717) is 6.54 Å². The first-order valence-electron chi connectivity index (χ1n) is 11.0. The second-order valence-electron chi connectivity index (χ2n) is 7.80. The van der Waals surface area contributed by atoms with Gasteiger partial charge in [0.1, 0.15) is 5.82 Å². The SMILES string of the molecule is CCN1CCN(c2ccc(CNC(=NC)NCCCn3nc(C)cc3C)cn2)CC1.I. The van der Waals surface area contributed by atoms with Gasteiger partial charge in [0.2, 0.25) is 0 Å². The number of guanidine groups is 1. The molecule has 1 aliphatic rings. The largest absolute Gasteiger partial charge is 0.356 e. The van der Waals surface area contributed by atoms with Crippen LogP contribution in [-0.4, -0.2) is 71.9 Å². The molecule has 1 aliphatic heterocycles. The smallest absolute Gasteiger partial charge is 0.191 e. The van der Waals surface area contributed by atoms with Gasteiger partial charge in [0.15, 0.2) is 5.96 Å². The molecule has 0 atom stereocenters. The van der Waals surface area contributed by atoms with Crippen molar-refractivity contribution in [2.45, 2.75) is 40.3 Å². The van der Waals surface area contributed by atoms with Crippen LogP contribution in [0.5, 0.6) is 0 Å². The average Bonchev–Trinajstić information content (AvgIpc) is 3.10. The molecular formula is C22H37IN8. The van der Waals surface area contributed by atoms with E-state index in [0.717, 1.165) is 75.3 Å². The molecule has 2 aromatic heterocycles. The van der Waals surface area contributed by atoms with Gasteiger partial charge >= 0.3 is 0 Å². The van der Waals surface area contributed by atoms with Crippen molar-refractivity contribution in [1.82, 2.24) is 30.3 Å². The van der Waals surface area contributed by atoms with Crippen LogP contribution in [0.3, 0.4) is 0 Å². The Morgan fingerprint density at radius 1 is 1.13 bits per heavy atom. The van der Waals surface area contributed by atoms with Crippen molar-refractivity contribution in [3.63, 3.8) is 0 Å². The lowest BCUT2D eigenvalue weighted by Crippen LogP contribution is -2.46. The number of piperazine rings is 1. The summed E-state index contributed by atoms with van der Waals surface area (Å²) in [5.41, 5.74) is 3.43. The maximum absolute atomic E-state index is 4.67. The van der Waals surface area contributed by atoms with Gasteiger partial charge in [0.25, 0.3) is 0 Å². The predicted octanol–water partition coefficient (Wildman–Crippen LogP) is 2.41. The van der Waals surface area contributed by atoms with Crippen molar-refractivity contribution in [1.29, 1.82) is 0 Å². The molecular weight excluding hydrogens is 503 g/mol. The first kappa shape index (κ1) is 25.4. The maximum Gasteiger partial charge on any atom is 0.191 e. The first-order chi connectivity index (χ1) is 14.6. The van der Waals surface area contributed by atoms with Gasteiger partial charge in [-0.05, 0) is 44.5 Å². The zero-order valence-electron chi connectivity index (χ0n) is 19.3. The van der Waals surface area contributed by atoms with Crippen LogP contribution in [0.15, 0.2) is 29.4 Å². The summed E-state index contributed by atoms with van der Waals surface area (Å²) in [4.78, 5) is 13.8. The molecule has 0 aliphatic carbocycles. The van der Waals surface area contributed by atoms with E-state index in [1.807, 2.05) is 13.1 Å². The van der Waals surface area contributed by atoms with E-state index < -0.39 is 0 Å². The molecule has 0 saturated carbocycles. The van der Waals surface area contributed by atoms with Gasteiger partial charge in [-0.1, -0.05) is 13.0 Å². The molecule has 8 nitrogen and oxygen atoms in total. The monoisotopic (exact) mass is 540 g/mol. The summed E-state index contributed by atoms with van der Waals surface area (Å²) in [5.74, 6) is 1.88. The normalized spacial score (nSPS) is 15.0. The van der Waals surface area contributed by atoms with Gasteiger partial charge in [-0.2, -0.15) is 5.10 Å². The molecule has 0 bridgehead atoms. The average molecular weight is 540 g/mol. The summed E-state index contributed by atoms with van der Waals surface area (Å²) in [6.45, 7) is 14.3.